The van der Waals surface area contributed by atoms with Gasteiger partial charge in [0.05, 0.1) is 21.2 Å². The highest BCUT2D eigenvalue weighted by Gasteiger charge is 2.38. The lowest BCUT2D eigenvalue weighted by atomic mass is 9.93. The van der Waals surface area contributed by atoms with Gasteiger partial charge in [0, 0.05) is 25.6 Å². The van der Waals surface area contributed by atoms with Crippen LogP contribution >= 0.6 is 11.3 Å². The zero-order valence-corrected chi connectivity index (χ0v) is 21.4. The number of hydrogen-bond acceptors (Lipinski definition) is 5. The summed E-state index contributed by atoms with van der Waals surface area (Å²) in [4.78, 5) is 20.8. The Bertz CT molecular complexity index is 1280. The number of aromatic nitrogens is 1. The molecule has 0 aliphatic carbocycles. The number of benzene rings is 2. The summed E-state index contributed by atoms with van der Waals surface area (Å²) in [6.45, 7) is 5.31. The Labute approximate surface area is 205 Å². The van der Waals surface area contributed by atoms with E-state index >= 15 is 0 Å². The maximum Gasteiger partial charge on any atom is 0.243 e. The number of aryl methyl sites for hydroxylation is 2. The van der Waals surface area contributed by atoms with E-state index < -0.39 is 10.0 Å². The summed E-state index contributed by atoms with van der Waals surface area (Å²) >= 11 is 1.68. The van der Waals surface area contributed by atoms with Crippen molar-refractivity contribution in [3.63, 3.8) is 0 Å². The maximum atomic E-state index is 13.6. The van der Waals surface area contributed by atoms with Crippen molar-refractivity contribution in [3.05, 3.63) is 58.6 Å². The van der Waals surface area contributed by atoms with Crippen LogP contribution in [0.25, 0.3) is 10.2 Å². The van der Waals surface area contributed by atoms with Crippen LogP contribution in [0.15, 0.2) is 47.4 Å². The Balaban J connectivity index is 1.30. The average Bonchev–Trinajstić information content (AvgIpc) is 3.28. The summed E-state index contributed by atoms with van der Waals surface area (Å²) in [6, 6.07) is 13.6. The highest BCUT2D eigenvalue weighted by molar-refractivity contribution is 7.89. The number of sulfonamides is 1. The first-order chi connectivity index (χ1) is 16.3. The van der Waals surface area contributed by atoms with Gasteiger partial charge < -0.3 is 4.90 Å². The van der Waals surface area contributed by atoms with Gasteiger partial charge in [-0.3, -0.25) is 4.79 Å². The number of carbonyl (C=O) groups excluding carboxylic acids is 1. The van der Waals surface area contributed by atoms with Crippen molar-refractivity contribution < 1.29 is 13.2 Å². The fraction of sp³-hybridized carbons (Fsp3) is 0.462. The fourth-order valence-corrected chi connectivity index (χ4v) is 8.08. The van der Waals surface area contributed by atoms with Crippen LogP contribution in [0.2, 0.25) is 0 Å². The molecule has 0 spiro atoms. The number of thiazole rings is 1. The first-order valence-electron chi connectivity index (χ1n) is 12.1. The second-order valence-electron chi connectivity index (χ2n) is 9.51. The van der Waals surface area contributed by atoms with Crippen molar-refractivity contribution in [3.8, 4) is 0 Å². The number of carbonyl (C=O) groups is 1. The Morgan fingerprint density at radius 3 is 2.50 bits per heavy atom. The molecule has 3 heterocycles. The van der Waals surface area contributed by atoms with Gasteiger partial charge in [0.25, 0.3) is 0 Å². The van der Waals surface area contributed by atoms with E-state index in [0.717, 1.165) is 52.2 Å². The van der Waals surface area contributed by atoms with E-state index in [2.05, 4.69) is 6.07 Å². The molecule has 1 aromatic heterocycles. The highest BCUT2D eigenvalue weighted by Crippen LogP contribution is 2.37. The molecule has 0 saturated carbocycles. The number of fused-ring (bicyclic) bond motifs is 1. The van der Waals surface area contributed by atoms with Crippen molar-refractivity contribution in [1.29, 1.82) is 0 Å². The SMILES string of the molecule is Cc1ccc(S(=O)(=O)N2CCC(C(=O)N3CCCCC3c3nc4ccccc4s3)CC2)c(C)c1. The van der Waals surface area contributed by atoms with Gasteiger partial charge in [-0.25, -0.2) is 13.4 Å². The van der Waals surface area contributed by atoms with E-state index in [1.54, 1.807) is 21.7 Å². The third-order valence-electron chi connectivity index (χ3n) is 7.13. The minimum absolute atomic E-state index is 0.0237. The maximum absolute atomic E-state index is 13.6. The number of amides is 1. The Kier molecular flexibility index (Phi) is 6.48. The molecule has 2 fully saturated rings. The molecule has 1 unspecified atom stereocenters. The van der Waals surface area contributed by atoms with Crippen molar-refractivity contribution in [1.82, 2.24) is 14.2 Å². The molecule has 3 aromatic rings. The molecule has 1 atom stereocenters. The van der Waals surface area contributed by atoms with Gasteiger partial charge in [-0.15, -0.1) is 11.3 Å². The Morgan fingerprint density at radius 2 is 1.76 bits per heavy atom. The second kappa shape index (κ2) is 9.40. The third kappa shape index (κ3) is 4.39. The monoisotopic (exact) mass is 497 g/mol. The van der Waals surface area contributed by atoms with Crippen LogP contribution in [-0.2, 0) is 14.8 Å². The van der Waals surface area contributed by atoms with E-state index in [1.165, 1.54) is 0 Å². The first kappa shape index (κ1) is 23.5. The summed E-state index contributed by atoms with van der Waals surface area (Å²) < 4.78 is 29.2. The highest BCUT2D eigenvalue weighted by atomic mass is 32.2. The largest absolute Gasteiger partial charge is 0.333 e. The van der Waals surface area contributed by atoms with E-state index in [0.29, 0.717) is 30.8 Å². The van der Waals surface area contributed by atoms with Crippen LogP contribution in [0.1, 0.15) is 54.3 Å². The zero-order valence-electron chi connectivity index (χ0n) is 19.7. The number of para-hydroxylation sites is 1. The molecule has 6 nitrogen and oxygen atoms in total. The fourth-order valence-electron chi connectivity index (χ4n) is 5.29. The van der Waals surface area contributed by atoms with Gasteiger partial charge in [0.2, 0.25) is 15.9 Å². The minimum Gasteiger partial charge on any atom is -0.333 e. The normalized spacial score (nSPS) is 20.6. The molecule has 0 radical (unpaired) electrons. The third-order valence-corrected chi connectivity index (χ3v) is 10.3. The quantitative estimate of drug-likeness (QED) is 0.505. The van der Waals surface area contributed by atoms with Gasteiger partial charge in [-0.2, -0.15) is 4.31 Å². The van der Waals surface area contributed by atoms with Gasteiger partial charge in [-0.05, 0) is 69.7 Å². The minimum atomic E-state index is -3.55. The molecule has 34 heavy (non-hydrogen) atoms. The van der Waals surface area contributed by atoms with Crippen LogP contribution < -0.4 is 0 Å². The summed E-state index contributed by atoms with van der Waals surface area (Å²) in [5, 5.41) is 1.02. The van der Waals surface area contributed by atoms with Crippen LogP contribution in [-0.4, -0.2) is 48.1 Å². The smallest absolute Gasteiger partial charge is 0.243 e. The number of rotatable bonds is 4. The standard InChI is InChI=1S/C26H31N3O3S2/c1-18-10-11-24(19(2)17-18)34(31,32)28-15-12-20(13-16-28)26(30)29-14-6-5-8-22(29)25-27-21-7-3-4-9-23(21)33-25/h3-4,7,9-11,17,20,22H,5-6,8,12-16H2,1-2H3. The van der Waals surface area contributed by atoms with Crippen LogP contribution in [0.5, 0.6) is 0 Å². The molecule has 5 rings (SSSR count). The lowest BCUT2D eigenvalue weighted by Gasteiger charge is -2.39. The van der Waals surface area contributed by atoms with E-state index in [4.69, 9.17) is 4.98 Å². The molecule has 8 heteroatoms. The van der Waals surface area contributed by atoms with Crippen LogP contribution in [0.4, 0.5) is 0 Å². The van der Waals surface area contributed by atoms with Crippen LogP contribution in [0.3, 0.4) is 0 Å². The van der Waals surface area contributed by atoms with Gasteiger partial charge in [0.1, 0.15) is 5.01 Å². The summed E-state index contributed by atoms with van der Waals surface area (Å²) in [5.74, 6) is 0.0214. The topological polar surface area (TPSA) is 70.6 Å². The van der Waals surface area contributed by atoms with Gasteiger partial charge >= 0.3 is 0 Å². The molecular formula is C26H31N3O3S2. The Morgan fingerprint density at radius 1 is 1.00 bits per heavy atom. The first-order valence-corrected chi connectivity index (χ1v) is 14.3. The number of nitrogens with zero attached hydrogens (tertiary/aromatic N) is 3. The molecule has 2 aromatic carbocycles. The van der Waals surface area contributed by atoms with E-state index in [9.17, 15) is 13.2 Å². The molecular weight excluding hydrogens is 466 g/mol. The Hall–Kier alpha value is -2.29. The summed E-state index contributed by atoms with van der Waals surface area (Å²) in [6.07, 6.45) is 4.16. The molecule has 180 valence electrons. The molecule has 0 N–H and O–H groups in total. The number of piperidine rings is 2. The van der Waals surface area contributed by atoms with Crippen molar-refractivity contribution >= 4 is 37.5 Å². The zero-order chi connectivity index (χ0) is 23.9. The number of hydrogen-bond donors (Lipinski definition) is 0. The van der Waals surface area contributed by atoms with Crippen LogP contribution in [0, 0.1) is 19.8 Å². The van der Waals surface area contributed by atoms with E-state index in [-0.39, 0.29) is 17.9 Å². The van der Waals surface area contributed by atoms with Gasteiger partial charge in [-0.1, -0.05) is 29.8 Å². The van der Waals surface area contributed by atoms with Crippen molar-refractivity contribution in [2.24, 2.45) is 5.92 Å². The van der Waals surface area contributed by atoms with Gasteiger partial charge in [0.15, 0.2) is 0 Å². The molecule has 2 saturated heterocycles. The van der Waals surface area contributed by atoms with E-state index in [1.807, 2.05) is 49.1 Å². The summed E-state index contributed by atoms with van der Waals surface area (Å²) in [7, 11) is -3.55. The second-order valence-corrected chi connectivity index (χ2v) is 12.5. The lowest BCUT2D eigenvalue weighted by Crippen LogP contribution is -2.46. The predicted molar refractivity (Wildman–Crippen MR) is 135 cm³/mol. The number of likely N-dealkylation sites (tertiary alicyclic amines) is 1. The molecule has 2 aliphatic heterocycles. The lowest BCUT2D eigenvalue weighted by molar-refractivity contribution is -0.140. The molecule has 2 aliphatic rings. The molecule has 0 bridgehead atoms. The molecule has 1 amide bonds. The predicted octanol–water partition coefficient (Wildman–Crippen LogP) is 5.07. The summed E-state index contributed by atoms with van der Waals surface area (Å²) in [5.41, 5.74) is 2.81. The van der Waals surface area contributed by atoms with Crippen molar-refractivity contribution in [2.75, 3.05) is 19.6 Å². The average molecular weight is 498 g/mol. The van der Waals surface area contributed by atoms with Crippen molar-refractivity contribution in [2.45, 2.75) is 56.9 Å².